The number of fused-ring (bicyclic) bond motifs is 1. The Morgan fingerprint density at radius 2 is 1.79 bits per heavy atom. The van der Waals surface area contributed by atoms with E-state index in [1.165, 1.54) is 18.3 Å². The van der Waals surface area contributed by atoms with Crippen molar-refractivity contribution >= 4 is 35.1 Å². The number of nitrogens with zero attached hydrogens (tertiary/aromatic N) is 1. The van der Waals surface area contributed by atoms with Crippen LogP contribution in [0.15, 0.2) is 60.8 Å². The van der Waals surface area contributed by atoms with Gasteiger partial charge in [0.15, 0.2) is 0 Å². The normalized spacial score (nSPS) is 10.0. The molecule has 1 aromatic heterocycles. The maximum Gasteiger partial charge on any atom is 0.335 e. The number of pyridine rings is 1. The average molecular weight is 343 g/mol. The second-order valence-electron chi connectivity index (χ2n) is 5.06. The van der Waals surface area contributed by atoms with Crippen LogP contribution in [0.1, 0.15) is 26.4 Å². The molecule has 3 rings (SSSR count). The van der Waals surface area contributed by atoms with E-state index in [2.05, 4.69) is 10.3 Å². The van der Waals surface area contributed by atoms with Crippen LogP contribution in [0, 0.1) is 0 Å². The summed E-state index contributed by atoms with van der Waals surface area (Å²) in [6.45, 7) is 0.346. The summed E-state index contributed by atoms with van der Waals surface area (Å²) in [6, 6.07) is 16.4. The van der Waals surface area contributed by atoms with Crippen molar-refractivity contribution in [2.75, 3.05) is 0 Å². The maximum atomic E-state index is 12.2. The van der Waals surface area contributed by atoms with Gasteiger partial charge >= 0.3 is 5.97 Å². The topological polar surface area (TPSA) is 79.3 Å². The Morgan fingerprint density at radius 1 is 1.04 bits per heavy atom. The molecule has 2 aromatic carbocycles. The van der Waals surface area contributed by atoms with E-state index >= 15 is 0 Å². The third-order valence-corrected chi connectivity index (χ3v) is 3.56. The third kappa shape index (κ3) is 3.70. The molecule has 0 bridgehead atoms. The number of carbonyl (C=O) groups excluding carboxylic acids is 1. The van der Waals surface area contributed by atoms with E-state index in [9.17, 15) is 9.59 Å². The highest BCUT2D eigenvalue weighted by molar-refractivity contribution is 5.96. The Morgan fingerprint density at radius 3 is 2.58 bits per heavy atom. The van der Waals surface area contributed by atoms with Crippen molar-refractivity contribution in [3.63, 3.8) is 0 Å². The SMILES string of the molecule is Cl.O=C(O)c1ccnc(C(=O)NCc2cccc3ccccc23)c1. The predicted octanol–water partition coefficient (Wildman–Crippen LogP) is 3.28. The van der Waals surface area contributed by atoms with Crippen LogP contribution >= 0.6 is 12.4 Å². The first-order valence-electron chi connectivity index (χ1n) is 7.09. The molecule has 122 valence electrons. The molecule has 3 aromatic rings. The minimum Gasteiger partial charge on any atom is -0.478 e. The van der Waals surface area contributed by atoms with Crippen LogP contribution in [0.2, 0.25) is 0 Å². The number of benzene rings is 2. The summed E-state index contributed by atoms with van der Waals surface area (Å²) < 4.78 is 0. The van der Waals surface area contributed by atoms with Gasteiger partial charge in [0.1, 0.15) is 5.69 Å². The molecular weight excluding hydrogens is 328 g/mol. The van der Waals surface area contributed by atoms with Crippen LogP contribution in [0.4, 0.5) is 0 Å². The lowest BCUT2D eigenvalue weighted by molar-refractivity contribution is 0.0696. The van der Waals surface area contributed by atoms with Gasteiger partial charge in [-0.15, -0.1) is 12.4 Å². The summed E-state index contributed by atoms with van der Waals surface area (Å²) in [6.07, 6.45) is 1.32. The smallest absolute Gasteiger partial charge is 0.335 e. The van der Waals surface area contributed by atoms with Crippen molar-refractivity contribution in [3.8, 4) is 0 Å². The summed E-state index contributed by atoms with van der Waals surface area (Å²) in [4.78, 5) is 27.0. The van der Waals surface area contributed by atoms with Crippen LogP contribution in [-0.2, 0) is 6.54 Å². The Labute approximate surface area is 144 Å². The van der Waals surface area contributed by atoms with Gasteiger partial charge in [0.25, 0.3) is 5.91 Å². The quantitative estimate of drug-likeness (QED) is 0.762. The number of amides is 1. The zero-order valence-corrected chi connectivity index (χ0v) is 13.4. The van der Waals surface area contributed by atoms with Crippen LogP contribution in [0.3, 0.4) is 0 Å². The zero-order valence-electron chi connectivity index (χ0n) is 12.6. The Hall–Kier alpha value is -2.92. The predicted molar refractivity (Wildman–Crippen MR) is 93.6 cm³/mol. The largest absolute Gasteiger partial charge is 0.478 e. The molecule has 24 heavy (non-hydrogen) atoms. The Kier molecular flexibility index (Phi) is 5.50. The third-order valence-electron chi connectivity index (χ3n) is 3.56. The number of aromatic carboxylic acids is 1. The van der Waals surface area contributed by atoms with Gasteiger partial charge in [0, 0.05) is 12.7 Å². The highest BCUT2D eigenvalue weighted by atomic mass is 35.5. The molecule has 5 nitrogen and oxygen atoms in total. The molecule has 2 N–H and O–H groups in total. The Balaban J connectivity index is 0.00000208. The second kappa shape index (κ2) is 7.57. The molecule has 0 atom stereocenters. The van der Waals surface area contributed by atoms with Crippen LogP contribution in [0.25, 0.3) is 10.8 Å². The summed E-state index contributed by atoms with van der Waals surface area (Å²) >= 11 is 0. The Bertz CT molecular complexity index is 891. The summed E-state index contributed by atoms with van der Waals surface area (Å²) in [5.74, 6) is -1.49. The number of aromatic nitrogens is 1. The fraction of sp³-hybridized carbons (Fsp3) is 0.0556. The number of carbonyl (C=O) groups is 2. The molecule has 0 aliphatic rings. The summed E-state index contributed by atoms with van der Waals surface area (Å²) in [5.41, 5.74) is 1.12. The first kappa shape index (κ1) is 17.4. The minimum atomic E-state index is -1.09. The van der Waals surface area contributed by atoms with Gasteiger partial charge in [0.05, 0.1) is 5.56 Å². The second-order valence-corrected chi connectivity index (χ2v) is 5.06. The number of hydrogen-bond acceptors (Lipinski definition) is 3. The van der Waals surface area contributed by atoms with E-state index in [1.807, 2.05) is 42.5 Å². The van der Waals surface area contributed by atoms with Gasteiger partial charge in [-0.1, -0.05) is 42.5 Å². The molecule has 0 radical (unpaired) electrons. The molecular formula is C18H15ClN2O3. The van der Waals surface area contributed by atoms with Gasteiger partial charge in [-0.2, -0.15) is 0 Å². The van der Waals surface area contributed by atoms with E-state index in [-0.39, 0.29) is 23.7 Å². The highest BCUT2D eigenvalue weighted by Gasteiger charge is 2.11. The lowest BCUT2D eigenvalue weighted by Gasteiger charge is -2.08. The lowest BCUT2D eigenvalue weighted by Crippen LogP contribution is -2.24. The molecule has 0 unspecified atom stereocenters. The number of hydrogen-bond donors (Lipinski definition) is 2. The summed E-state index contributed by atoms with van der Waals surface area (Å²) in [7, 11) is 0. The number of carboxylic acid groups (broad SMARTS) is 1. The highest BCUT2D eigenvalue weighted by Crippen LogP contribution is 2.18. The van der Waals surface area contributed by atoms with Crippen LogP contribution < -0.4 is 5.32 Å². The van der Waals surface area contributed by atoms with Crippen molar-refractivity contribution in [2.24, 2.45) is 0 Å². The van der Waals surface area contributed by atoms with E-state index in [4.69, 9.17) is 5.11 Å². The van der Waals surface area contributed by atoms with E-state index < -0.39 is 11.9 Å². The zero-order chi connectivity index (χ0) is 16.2. The van der Waals surface area contributed by atoms with Gasteiger partial charge in [-0.05, 0) is 28.5 Å². The van der Waals surface area contributed by atoms with Gasteiger partial charge in [-0.25, -0.2) is 4.79 Å². The van der Waals surface area contributed by atoms with Crippen molar-refractivity contribution in [2.45, 2.75) is 6.54 Å². The fourth-order valence-corrected chi connectivity index (χ4v) is 2.40. The van der Waals surface area contributed by atoms with Crippen molar-refractivity contribution in [3.05, 3.63) is 77.6 Å². The molecule has 0 saturated carbocycles. The van der Waals surface area contributed by atoms with E-state index in [0.717, 1.165) is 16.3 Å². The molecule has 0 fully saturated rings. The van der Waals surface area contributed by atoms with Crippen molar-refractivity contribution < 1.29 is 14.7 Å². The molecule has 0 aliphatic heterocycles. The first-order valence-corrected chi connectivity index (χ1v) is 7.09. The minimum absolute atomic E-state index is 0. The molecule has 0 spiro atoms. The fourth-order valence-electron chi connectivity index (χ4n) is 2.40. The number of nitrogens with one attached hydrogen (secondary N) is 1. The van der Waals surface area contributed by atoms with E-state index in [1.54, 1.807) is 0 Å². The van der Waals surface area contributed by atoms with Crippen molar-refractivity contribution in [1.29, 1.82) is 0 Å². The molecule has 0 aliphatic carbocycles. The number of carboxylic acids is 1. The number of halogens is 1. The standard InChI is InChI=1S/C18H14N2O3.ClH/c21-17(16-10-13(18(22)23)8-9-19-16)20-11-14-6-3-5-12-4-1-2-7-15(12)14;/h1-10H,11H2,(H,20,21)(H,22,23);1H. The van der Waals surface area contributed by atoms with Crippen LogP contribution in [0.5, 0.6) is 0 Å². The van der Waals surface area contributed by atoms with Gasteiger partial charge in [0.2, 0.25) is 0 Å². The summed E-state index contributed by atoms with van der Waals surface area (Å²) in [5, 5.41) is 13.9. The maximum absolute atomic E-state index is 12.2. The van der Waals surface area contributed by atoms with E-state index in [0.29, 0.717) is 6.54 Å². The molecule has 0 saturated heterocycles. The molecule has 1 heterocycles. The molecule has 6 heteroatoms. The monoisotopic (exact) mass is 342 g/mol. The number of rotatable bonds is 4. The van der Waals surface area contributed by atoms with Crippen LogP contribution in [-0.4, -0.2) is 22.0 Å². The first-order chi connectivity index (χ1) is 11.1. The van der Waals surface area contributed by atoms with Gasteiger partial charge in [-0.3, -0.25) is 9.78 Å². The average Bonchev–Trinajstić information content (AvgIpc) is 2.59. The molecule has 1 amide bonds. The van der Waals surface area contributed by atoms with Gasteiger partial charge < -0.3 is 10.4 Å². The lowest BCUT2D eigenvalue weighted by atomic mass is 10.0. The van der Waals surface area contributed by atoms with Crippen molar-refractivity contribution in [1.82, 2.24) is 10.3 Å².